The Balaban J connectivity index is 1.97. The summed E-state index contributed by atoms with van der Waals surface area (Å²) in [6.45, 7) is 0. The molecule has 0 radical (unpaired) electrons. The van der Waals surface area contributed by atoms with Gasteiger partial charge < -0.3 is 10.4 Å². The second kappa shape index (κ2) is 4.57. The van der Waals surface area contributed by atoms with Gasteiger partial charge in [-0.25, -0.2) is 0 Å². The van der Waals surface area contributed by atoms with Crippen LogP contribution >= 0.6 is 0 Å². The van der Waals surface area contributed by atoms with Gasteiger partial charge in [-0.2, -0.15) is 5.10 Å². The molecular formula is C11H15N3O3. The predicted octanol–water partition coefficient (Wildman–Crippen LogP) is 0.403. The highest BCUT2D eigenvalue weighted by molar-refractivity contribution is 5.94. The van der Waals surface area contributed by atoms with Crippen LogP contribution < -0.4 is 5.32 Å². The van der Waals surface area contributed by atoms with Gasteiger partial charge in [0.15, 0.2) is 0 Å². The zero-order valence-electron chi connectivity index (χ0n) is 9.59. The van der Waals surface area contributed by atoms with Gasteiger partial charge in [0.1, 0.15) is 0 Å². The van der Waals surface area contributed by atoms with Crippen molar-refractivity contribution in [1.82, 2.24) is 15.1 Å². The molecule has 1 saturated carbocycles. The fourth-order valence-corrected chi connectivity index (χ4v) is 1.81. The lowest BCUT2D eigenvalue weighted by molar-refractivity contribution is -0.137. The van der Waals surface area contributed by atoms with Crippen LogP contribution in [0.5, 0.6) is 0 Å². The number of nitrogens with one attached hydrogen (secondary N) is 1. The molecule has 1 unspecified atom stereocenters. The highest BCUT2D eigenvalue weighted by atomic mass is 16.4. The number of amides is 1. The molecule has 1 atom stereocenters. The Kier molecular flexibility index (Phi) is 3.12. The first kappa shape index (κ1) is 11.6. The third kappa shape index (κ3) is 3.05. The Morgan fingerprint density at radius 2 is 2.35 bits per heavy atom. The number of aliphatic carboxylic acids is 1. The van der Waals surface area contributed by atoms with Crippen LogP contribution in [0.2, 0.25) is 0 Å². The van der Waals surface area contributed by atoms with E-state index in [1.807, 2.05) is 0 Å². The molecule has 0 saturated heterocycles. The number of aromatic nitrogens is 2. The molecule has 1 aromatic heterocycles. The summed E-state index contributed by atoms with van der Waals surface area (Å²) in [4.78, 5) is 22.5. The average molecular weight is 237 g/mol. The van der Waals surface area contributed by atoms with E-state index >= 15 is 0 Å². The summed E-state index contributed by atoms with van der Waals surface area (Å²) >= 11 is 0. The zero-order valence-corrected chi connectivity index (χ0v) is 9.59. The lowest BCUT2D eigenvalue weighted by atomic mass is 10.1. The molecule has 2 rings (SSSR count). The molecular weight excluding hydrogens is 222 g/mol. The molecule has 92 valence electrons. The first-order valence-corrected chi connectivity index (χ1v) is 5.57. The van der Waals surface area contributed by atoms with Crippen LogP contribution in [-0.2, 0) is 11.8 Å². The van der Waals surface area contributed by atoms with E-state index < -0.39 is 5.97 Å². The number of carbonyl (C=O) groups is 2. The summed E-state index contributed by atoms with van der Waals surface area (Å²) in [5, 5.41) is 15.5. The number of aryl methyl sites for hydroxylation is 1. The number of hydrogen-bond donors (Lipinski definition) is 2. The second-order valence-corrected chi connectivity index (χ2v) is 4.42. The maximum atomic E-state index is 11.8. The van der Waals surface area contributed by atoms with Crippen molar-refractivity contribution in [3.8, 4) is 0 Å². The number of rotatable bonds is 5. The van der Waals surface area contributed by atoms with Crippen molar-refractivity contribution in [1.29, 1.82) is 0 Å². The van der Waals surface area contributed by atoms with Gasteiger partial charge in [0, 0.05) is 19.3 Å². The Bertz CT molecular complexity index is 437. The molecule has 1 aliphatic carbocycles. The van der Waals surface area contributed by atoms with Gasteiger partial charge in [-0.3, -0.25) is 14.3 Å². The average Bonchev–Trinajstić information content (AvgIpc) is 2.99. The normalized spacial score (nSPS) is 16.5. The minimum atomic E-state index is -0.881. The SMILES string of the molecule is Cn1cc(C(=O)NC(CC(=O)O)C2CC2)cn1. The van der Waals surface area contributed by atoms with E-state index in [1.54, 1.807) is 13.2 Å². The van der Waals surface area contributed by atoms with Crippen molar-refractivity contribution < 1.29 is 14.7 Å². The van der Waals surface area contributed by atoms with E-state index in [9.17, 15) is 9.59 Å². The van der Waals surface area contributed by atoms with Crippen LogP contribution in [0.15, 0.2) is 12.4 Å². The fourth-order valence-electron chi connectivity index (χ4n) is 1.81. The summed E-state index contributed by atoms with van der Waals surface area (Å²) < 4.78 is 1.54. The van der Waals surface area contributed by atoms with E-state index in [-0.39, 0.29) is 18.4 Å². The number of carbonyl (C=O) groups excluding carboxylic acids is 1. The van der Waals surface area contributed by atoms with E-state index in [0.29, 0.717) is 11.5 Å². The van der Waals surface area contributed by atoms with Crippen molar-refractivity contribution in [2.75, 3.05) is 0 Å². The van der Waals surface area contributed by atoms with Crippen molar-refractivity contribution in [3.05, 3.63) is 18.0 Å². The van der Waals surface area contributed by atoms with Crippen LogP contribution in [-0.4, -0.2) is 32.8 Å². The van der Waals surface area contributed by atoms with Crippen LogP contribution in [0.1, 0.15) is 29.6 Å². The molecule has 0 aliphatic heterocycles. The van der Waals surface area contributed by atoms with Crippen LogP contribution in [0, 0.1) is 5.92 Å². The molecule has 1 fully saturated rings. The molecule has 1 aliphatic rings. The predicted molar refractivity (Wildman–Crippen MR) is 59.4 cm³/mol. The summed E-state index contributed by atoms with van der Waals surface area (Å²) in [5.74, 6) is -0.823. The van der Waals surface area contributed by atoms with Crippen LogP contribution in [0.4, 0.5) is 0 Å². The van der Waals surface area contributed by atoms with Crippen LogP contribution in [0.25, 0.3) is 0 Å². The van der Waals surface area contributed by atoms with Crippen molar-refractivity contribution in [2.45, 2.75) is 25.3 Å². The second-order valence-electron chi connectivity index (χ2n) is 4.42. The topological polar surface area (TPSA) is 84.2 Å². The van der Waals surface area contributed by atoms with Gasteiger partial charge in [0.05, 0.1) is 18.2 Å². The van der Waals surface area contributed by atoms with Gasteiger partial charge >= 0.3 is 5.97 Å². The number of hydrogen-bond acceptors (Lipinski definition) is 3. The smallest absolute Gasteiger partial charge is 0.305 e. The standard InChI is InChI=1S/C11H15N3O3/c1-14-6-8(5-12-14)11(17)13-9(4-10(15)16)7-2-3-7/h5-7,9H,2-4H2,1H3,(H,13,17)(H,15,16). The Morgan fingerprint density at radius 1 is 1.65 bits per heavy atom. The number of nitrogens with zero attached hydrogens (tertiary/aromatic N) is 2. The molecule has 6 nitrogen and oxygen atoms in total. The lowest BCUT2D eigenvalue weighted by Gasteiger charge is -2.15. The molecule has 1 heterocycles. The highest BCUT2D eigenvalue weighted by Gasteiger charge is 2.33. The maximum absolute atomic E-state index is 11.8. The third-order valence-corrected chi connectivity index (χ3v) is 2.87. The molecule has 1 aromatic rings. The first-order valence-electron chi connectivity index (χ1n) is 5.57. The minimum Gasteiger partial charge on any atom is -0.481 e. The van der Waals surface area contributed by atoms with E-state index in [1.165, 1.54) is 10.9 Å². The lowest BCUT2D eigenvalue weighted by Crippen LogP contribution is -2.37. The molecule has 0 aromatic carbocycles. The number of carboxylic acid groups (broad SMARTS) is 1. The largest absolute Gasteiger partial charge is 0.481 e. The molecule has 6 heteroatoms. The molecule has 0 bridgehead atoms. The highest BCUT2D eigenvalue weighted by Crippen LogP contribution is 2.34. The molecule has 0 spiro atoms. The molecule has 2 N–H and O–H groups in total. The first-order chi connectivity index (χ1) is 8.06. The van der Waals surface area contributed by atoms with Crippen LogP contribution in [0.3, 0.4) is 0 Å². The van der Waals surface area contributed by atoms with E-state index in [0.717, 1.165) is 12.8 Å². The Morgan fingerprint density at radius 3 is 2.82 bits per heavy atom. The van der Waals surface area contributed by atoms with Gasteiger partial charge in [0.2, 0.25) is 0 Å². The van der Waals surface area contributed by atoms with Gasteiger partial charge in [-0.05, 0) is 18.8 Å². The summed E-state index contributed by atoms with van der Waals surface area (Å²) in [7, 11) is 1.73. The Hall–Kier alpha value is -1.85. The van der Waals surface area contributed by atoms with Crippen molar-refractivity contribution in [3.63, 3.8) is 0 Å². The number of carboxylic acids is 1. The molecule has 1 amide bonds. The monoisotopic (exact) mass is 237 g/mol. The minimum absolute atomic E-state index is 0.0172. The quantitative estimate of drug-likeness (QED) is 0.776. The van der Waals surface area contributed by atoms with E-state index in [2.05, 4.69) is 10.4 Å². The van der Waals surface area contributed by atoms with Gasteiger partial charge in [0.25, 0.3) is 5.91 Å². The Labute approximate surface area is 98.6 Å². The van der Waals surface area contributed by atoms with E-state index in [4.69, 9.17) is 5.11 Å². The summed E-state index contributed by atoms with van der Waals surface area (Å²) in [6.07, 6.45) is 5.05. The van der Waals surface area contributed by atoms with Crippen molar-refractivity contribution in [2.24, 2.45) is 13.0 Å². The van der Waals surface area contributed by atoms with Crippen molar-refractivity contribution >= 4 is 11.9 Å². The summed E-state index contributed by atoms with van der Waals surface area (Å²) in [5.41, 5.74) is 0.462. The molecule has 17 heavy (non-hydrogen) atoms. The zero-order chi connectivity index (χ0) is 12.4. The van der Waals surface area contributed by atoms with Gasteiger partial charge in [-0.1, -0.05) is 0 Å². The fraction of sp³-hybridized carbons (Fsp3) is 0.545. The third-order valence-electron chi connectivity index (χ3n) is 2.87. The maximum Gasteiger partial charge on any atom is 0.305 e. The van der Waals surface area contributed by atoms with Gasteiger partial charge in [-0.15, -0.1) is 0 Å². The summed E-state index contributed by atoms with van der Waals surface area (Å²) in [6, 6.07) is -0.264.